The molecular weight excluding hydrogens is 1310 g/mol. The third kappa shape index (κ3) is 38.2. The van der Waals surface area contributed by atoms with E-state index in [2.05, 4.69) is 48.8 Å². The first-order valence-electron chi connectivity index (χ1n) is 40.4. The molecule has 2 amide bonds. The fraction of sp³-hybridized carbons (Fsp3) is 0.886. The number of carboxylic acids is 1. The SMILES string of the molecule is CCCCCCCCCCC/C=C/C(O)C(COC1OC(CO)C(OC2OC(CO)C(O)C(OC3(C(=O)O)CC(O)C(NC(C)=O)C(C(O)C(O)CO)O3)C2O)C(O)C1O)NC(=O)CCCCCCCCCCCCCCCCCCC/C=C\C/C=C\CCCCCCCCCCCCCCC. The monoisotopic (exact) mass is 1460 g/mol. The minimum atomic E-state index is -3.08. The highest BCUT2D eigenvalue weighted by atomic mass is 16.8. The Labute approximate surface area is 612 Å². The zero-order chi connectivity index (χ0) is 74.6. The molecule has 0 saturated carbocycles. The molecule has 3 fully saturated rings. The second kappa shape index (κ2) is 58.0. The van der Waals surface area contributed by atoms with Crippen LogP contribution in [0, 0.1) is 0 Å². The van der Waals surface area contributed by atoms with E-state index in [9.17, 15) is 75.7 Å². The normalized spacial score (nSPS) is 26.8. The maximum absolute atomic E-state index is 13.5. The van der Waals surface area contributed by atoms with Gasteiger partial charge in [0.2, 0.25) is 11.8 Å². The highest BCUT2D eigenvalue weighted by Gasteiger charge is 2.60. The van der Waals surface area contributed by atoms with Gasteiger partial charge in [0, 0.05) is 19.8 Å². The number of ether oxygens (including phenoxy) is 6. The number of hydrogen-bond donors (Lipinski definition) is 14. The topological polar surface area (TPSA) is 373 Å². The highest BCUT2D eigenvalue weighted by Crippen LogP contribution is 2.39. The Bertz CT molecular complexity index is 2180. The van der Waals surface area contributed by atoms with Crippen molar-refractivity contribution in [3.8, 4) is 0 Å². The number of amides is 2. The zero-order valence-corrected chi connectivity index (χ0v) is 63.0. The maximum Gasteiger partial charge on any atom is 0.364 e. The molecule has 18 atom stereocenters. The van der Waals surface area contributed by atoms with E-state index in [1.807, 2.05) is 6.08 Å². The summed E-state index contributed by atoms with van der Waals surface area (Å²) in [5, 5.41) is 136. The summed E-state index contributed by atoms with van der Waals surface area (Å²) < 4.78 is 34.8. The number of unbranched alkanes of at least 4 members (excludes halogenated alkanes) is 39. The van der Waals surface area contributed by atoms with E-state index in [0.717, 1.165) is 58.3 Å². The lowest BCUT2D eigenvalue weighted by molar-refractivity contribution is -0.386. The molecule has 14 N–H and O–H groups in total. The first kappa shape index (κ1) is 93.2. The van der Waals surface area contributed by atoms with Gasteiger partial charge in [-0.25, -0.2) is 4.79 Å². The van der Waals surface area contributed by atoms with E-state index in [1.54, 1.807) is 6.08 Å². The summed E-state index contributed by atoms with van der Waals surface area (Å²) in [6.07, 6.45) is 36.7. The number of nitrogens with one attached hydrogen (secondary N) is 2. The quantitative estimate of drug-likeness (QED) is 0.0199. The summed E-state index contributed by atoms with van der Waals surface area (Å²) in [6, 6.07) is -2.62. The molecule has 0 aromatic rings. The number of carbonyl (C=O) groups excluding carboxylic acids is 2. The lowest BCUT2D eigenvalue weighted by Crippen LogP contribution is -2.70. The molecule has 3 heterocycles. The fourth-order valence-electron chi connectivity index (χ4n) is 13.9. The van der Waals surface area contributed by atoms with Crippen LogP contribution in [0.3, 0.4) is 0 Å². The van der Waals surface area contributed by atoms with Crippen molar-refractivity contribution in [2.45, 2.75) is 420 Å². The Morgan fingerprint density at radius 2 is 0.951 bits per heavy atom. The van der Waals surface area contributed by atoms with Gasteiger partial charge in [0.25, 0.3) is 5.79 Å². The number of aliphatic hydroxyl groups excluding tert-OH is 11. The van der Waals surface area contributed by atoms with E-state index in [4.69, 9.17) is 28.4 Å². The van der Waals surface area contributed by atoms with Gasteiger partial charge in [-0.2, -0.15) is 0 Å². The van der Waals surface area contributed by atoms with Crippen LogP contribution in [0.25, 0.3) is 0 Å². The average Bonchev–Trinajstić information content (AvgIpc) is 0.756. The van der Waals surface area contributed by atoms with Crippen molar-refractivity contribution in [2.75, 3.05) is 26.4 Å². The summed E-state index contributed by atoms with van der Waals surface area (Å²) in [6.45, 7) is 2.13. The van der Waals surface area contributed by atoms with E-state index in [1.165, 1.54) is 212 Å². The molecular formula is C79H144N2O21. The molecule has 0 bridgehead atoms. The van der Waals surface area contributed by atoms with Gasteiger partial charge >= 0.3 is 5.97 Å². The molecule has 0 aromatic heterocycles. The number of aliphatic hydroxyl groups is 11. The molecule has 3 saturated heterocycles. The smallest absolute Gasteiger partial charge is 0.364 e. The molecule has 3 aliphatic rings. The molecule has 23 heteroatoms. The van der Waals surface area contributed by atoms with E-state index < -0.39 is 155 Å². The third-order valence-corrected chi connectivity index (χ3v) is 20.3. The number of carbonyl (C=O) groups is 3. The van der Waals surface area contributed by atoms with Gasteiger partial charge in [0.05, 0.1) is 50.7 Å². The van der Waals surface area contributed by atoms with Gasteiger partial charge in [-0.1, -0.05) is 275 Å². The van der Waals surface area contributed by atoms with Crippen LogP contribution in [0.4, 0.5) is 0 Å². The van der Waals surface area contributed by atoms with Gasteiger partial charge in [-0.15, -0.1) is 0 Å². The average molecular weight is 1460 g/mol. The number of carboxylic acid groups (broad SMARTS) is 1. The van der Waals surface area contributed by atoms with Crippen molar-refractivity contribution < 1.29 is 104 Å². The van der Waals surface area contributed by atoms with Crippen LogP contribution in [0.1, 0.15) is 310 Å². The van der Waals surface area contributed by atoms with Gasteiger partial charge in [0.15, 0.2) is 12.6 Å². The molecule has 0 radical (unpaired) electrons. The highest BCUT2D eigenvalue weighted by molar-refractivity contribution is 5.77. The van der Waals surface area contributed by atoms with Crippen molar-refractivity contribution in [3.05, 3.63) is 36.5 Å². The lowest BCUT2D eigenvalue weighted by Gasteiger charge is -2.50. The van der Waals surface area contributed by atoms with Crippen LogP contribution >= 0.6 is 0 Å². The Balaban J connectivity index is 1.40. The standard InChI is InChI=1S/C79H144N2O21/c1-4-6-8-10-12-14-16-17-18-19-20-21-22-23-24-25-26-27-28-29-30-31-32-33-34-35-36-37-38-39-40-41-43-45-47-49-51-53-66(89)81-60(61(86)52-50-48-46-44-42-15-13-11-9-7-5-2)58-97-76-71(93)70(92)73(65(57-84)99-76)100-77-72(94)75(69(91)64(56-83)98-77)102-79(78(95)96)54-62(87)67(80-59(3)85)74(101-79)68(90)63(88)55-82/h24-25,27-28,50,52,60-65,67-77,82-84,86-88,90-94H,4-23,26,29-49,51,53-58H2,1-3H3,(H,80,85)(H,81,89)(H,95,96)/b25-24-,28-27-,52-50+. The first-order valence-corrected chi connectivity index (χ1v) is 40.4. The molecule has 18 unspecified atom stereocenters. The molecule has 23 nitrogen and oxygen atoms in total. The Kier molecular flexibility index (Phi) is 53.0. The minimum Gasteiger partial charge on any atom is -0.477 e. The van der Waals surface area contributed by atoms with E-state index >= 15 is 0 Å². The van der Waals surface area contributed by atoms with Crippen molar-refractivity contribution in [1.29, 1.82) is 0 Å². The van der Waals surface area contributed by atoms with Crippen LogP contribution in [0.2, 0.25) is 0 Å². The van der Waals surface area contributed by atoms with E-state index in [-0.39, 0.29) is 12.3 Å². The van der Waals surface area contributed by atoms with Crippen LogP contribution in [0.15, 0.2) is 36.5 Å². The number of allylic oxidation sites excluding steroid dienone is 5. The number of hydrogen-bond acceptors (Lipinski definition) is 20. The van der Waals surface area contributed by atoms with Gasteiger partial charge in [-0.05, 0) is 51.4 Å². The molecule has 0 aliphatic carbocycles. The van der Waals surface area contributed by atoms with E-state index in [0.29, 0.717) is 12.8 Å². The van der Waals surface area contributed by atoms with Crippen LogP contribution < -0.4 is 10.6 Å². The number of rotatable bonds is 63. The molecule has 0 spiro atoms. The molecule has 596 valence electrons. The number of aliphatic carboxylic acids is 1. The Hall–Kier alpha value is -3.05. The maximum atomic E-state index is 13.5. The summed E-state index contributed by atoms with van der Waals surface area (Å²) >= 11 is 0. The second-order valence-electron chi connectivity index (χ2n) is 29.3. The summed E-state index contributed by atoms with van der Waals surface area (Å²) in [4.78, 5) is 38.6. The van der Waals surface area contributed by atoms with Crippen LogP contribution in [0.5, 0.6) is 0 Å². The summed E-state index contributed by atoms with van der Waals surface area (Å²) in [5.74, 6) is -6.14. The van der Waals surface area contributed by atoms with Gasteiger partial charge in [0.1, 0.15) is 67.1 Å². The van der Waals surface area contributed by atoms with Crippen molar-refractivity contribution in [3.63, 3.8) is 0 Å². The minimum absolute atomic E-state index is 0.201. The molecule has 0 aromatic carbocycles. The lowest BCUT2D eigenvalue weighted by atomic mass is 9.88. The molecule has 3 aliphatic heterocycles. The summed E-state index contributed by atoms with van der Waals surface area (Å²) in [7, 11) is 0. The van der Waals surface area contributed by atoms with Crippen LogP contribution in [-0.4, -0.2) is 215 Å². The third-order valence-electron chi connectivity index (χ3n) is 20.3. The van der Waals surface area contributed by atoms with Crippen LogP contribution in [-0.2, 0) is 42.8 Å². The van der Waals surface area contributed by atoms with Gasteiger partial charge < -0.3 is 100 Å². The molecule has 3 rings (SSSR count). The predicted molar refractivity (Wildman–Crippen MR) is 394 cm³/mol. The second-order valence-corrected chi connectivity index (χ2v) is 29.3. The first-order chi connectivity index (χ1) is 49.4. The largest absolute Gasteiger partial charge is 0.477 e. The molecule has 102 heavy (non-hydrogen) atoms. The zero-order valence-electron chi connectivity index (χ0n) is 63.0. The van der Waals surface area contributed by atoms with Crippen molar-refractivity contribution in [2.24, 2.45) is 0 Å². The predicted octanol–water partition coefficient (Wildman–Crippen LogP) is 10.5. The van der Waals surface area contributed by atoms with Gasteiger partial charge in [-0.3, -0.25) is 9.59 Å². The fourth-order valence-corrected chi connectivity index (χ4v) is 13.9. The Morgan fingerprint density at radius 3 is 1.38 bits per heavy atom. The van der Waals surface area contributed by atoms with Crippen molar-refractivity contribution >= 4 is 17.8 Å². The summed E-state index contributed by atoms with van der Waals surface area (Å²) in [5.41, 5.74) is 0. The Morgan fingerprint density at radius 1 is 0.520 bits per heavy atom. The van der Waals surface area contributed by atoms with Crippen molar-refractivity contribution in [1.82, 2.24) is 10.6 Å².